The molecule has 0 rings (SSSR count). The number of nitrogens with zero attached hydrogens (tertiary/aromatic N) is 2. The molecule has 6 nitrogen and oxygen atoms in total. The number of rotatable bonds is 3. The Hall–Kier alpha value is -0.920. The van der Waals surface area contributed by atoms with Crippen molar-refractivity contribution in [3.63, 3.8) is 0 Å². The Morgan fingerprint density at radius 1 is 1.70 bits per heavy atom. The van der Waals surface area contributed by atoms with Crippen LogP contribution in [0.4, 0.5) is 3.89 Å². The van der Waals surface area contributed by atoms with Gasteiger partial charge >= 0.3 is 10.4 Å². The van der Waals surface area contributed by atoms with E-state index in [2.05, 4.69) is 0 Å². The van der Waals surface area contributed by atoms with E-state index < -0.39 is 26.4 Å². The van der Waals surface area contributed by atoms with Crippen molar-refractivity contribution in [2.45, 2.75) is 6.92 Å². The molecule has 0 aliphatic heterocycles. The third-order valence-electron chi connectivity index (χ3n) is 0.704. The fourth-order valence-electron chi connectivity index (χ4n) is 0.349. The summed E-state index contributed by atoms with van der Waals surface area (Å²) in [5.41, 5.74) is 0. The van der Waals surface area contributed by atoms with Crippen molar-refractivity contribution in [2.24, 2.45) is 0 Å². The zero-order chi connectivity index (χ0) is 8.36. The van der Waals surface area contributed by atoms with Crippen molar-refractivity contribution in [1.29, 1.82) is 0 Å². The van der Waals surface area contributed by atoms with E-state index in [9.17, 15) is 22.4 Å². The molecule has 0 N–H and O–H groups in total. The predicted octanol–water partition coefficient (Wildman–Crippen LogP) is -0.286. The van der Waals surface area contributed by atoms with E-state index in [4.69, 9.17) is 0 Å². The van der Waals surface area contributed by atoms with Gasteiger partial charge in [0.1, 0.15) is 0 Å². The summed E-state index contributed by atoms with van der Waals surface area (Å²) in [6, 6.07) is 0. The summed E-state index contributed by atoms with van der Waals surface area (Å²) in [5.74, 6) is 0. The molecule has 0 aliphatic carbocycles. The van der Waals surface area contributed by atoms with Gasteiger partial charge in [0.2, 0.25) is 0 Å². The Labute approximate surface area is 56.7 Å². The molecule has 0 aromatic carbocycles. The van der Waals surface area contributed by atoms with Gasteiger partial charge in [-0.15, -0.1) is 0 Å². The van der Waals surface area contributed by atoms with E-state index in [1.165, 1.54) is 0 Å². The van der Waals surface area contributed by atoms with Gasteiger partial charge in [-0.05, 0) is 6.92 Å². The van der Waals surface area contributed by atoms with Crippen LogP contribution in [-0.4, -0.2) is 24.4 Å². The highest BCUT2D eigenvalue weighted by atomic mass is 32.3. The zero-order valence-electron chi connectivity index (χ0n) is 5.02. The number of hydrazine groups is 1. The molecule has 0 aromatic rings. The van der Waals surface area contributed by atoms with Crippen LogP contribution in [0.3, 0.4) is 0 Å². The van der Waals surface area contributed by atoms with Gasteiger partial charge in [-0.2, -0.15) is 8.42 Å². The van der Waals surface area contributed by atoms with Gasteiger partial charge in [-0.25, -0.2) is 10.1 Å². The van der Waals surface area contributed by atoms with Crippen LogP contribution in [0, 0.1) is 10.1 Å². The molecule has 0 fully saturated rings. The first-order valence-electron chi connectivity index (χ1n) is 2.26. The monoisotopic (exact) mass is 172 g/mol. The van der Waals surface area contributed by atoms with Crippen molar-refractivity contribution in [3.05, 3.63) is 10.1 Å². The van der Waals surface area contributed by atoms with Gasteiger partial charge < -0.3 is 0 Å². The lowest BCUT2D eigenvalue weighted by molar-refractivity contribution is -0.620. The average Bonchev–Trinajstić information content (AvgIpc) is 1.60. The fourth-order valence-corrected chi connectivity index (χ4v) is 0.817. The van der Waals surface area contributed by atoms with E-state index in [1.807, 2.05) is 0 Å². The Bertz CT molecular complexity index is 223. The molecule has 0 amide bonds. The van der Waals surface area contributed by atoms with E-state index in [1.54, 1.807) is 0 Å². The lowest BCUT2D eigenvalue weighted by Crippen LogP contribution is -2.33. The molecule has 0 spiro atoms. The summed E-state index contributed by atoms with van der Waals surface area (Å²) in [6.07, 6.45) is 0. The molecular weight excluding hydrogens is 167 g/mol. The van der Waals surface area contributed by atoms with Gasteiger partial charge in [0.15, 0.2) is 5.03 Å². The van der Waals surface area contributed by atoms with Gasteiger partial charge in [0.05, 0.1) is 6.54 Å². The van der Waals surface area contributed by atoms with Crippen molar-refractivity contribution in [2.75, 3.05) is 6.54 Å². The number of hydrogen-bond acceptors (Lipinski definition) is 4. The smallest absolute Gasteiger partial charge is 0.234 e. The van der Waals surface area contributed by atoms with E-state index >= 15 is 0 Å². The van der Waals surface area contributed by atoms with E-state index in [-0.39, 0.29) is 0 Å². The Morgan fingerprint density at radius 3 is 2.10 bits per heavy atom. The quantitative estimate of drug-likeness (QED) is 0.333. The highest BCUT2D eigenvalue weighted by Crippen LogP contribution is 2.00. The largest absolute Gasteiger partial charge is 0.449 e. The third kappa shape index (κ3) is 2.13. The van der Waals surface area contributed by atoms with Gasteiger partial charge in [-0.1, -0.05) is 3.89 Å². The normalized spacial score (nSPS) is 11.0. The first-order valence-corrected chi connectivity index (χ1v) is 3.60. The van der Waals surface area contributed by atoms with Crippen LogP contribution in [0.1, 0.15) is 6.92 Å². The average molecular weight is 172 g/mol. The molecule has 0 aromatic heterocycles. The summed E-state index contributed by atoms with van der Waals surface area (Å²) in [5, 5.41) is 8.37. The van der Waals surface area contributed by atoms with Crippen molar-refractivity contribution >= 4 is 10.4 Å². The molecule has 0 saturated heterocycles. The zero-order valence-corrected chi connectivity index (χ0v) is 5.84. The molecule has 0 atom stereocenters. The second-order valence-corrected chi connectivity index (χ2v) is 2.56. The molecule has 0 aliphatic rings. The van der Waals surface area contributed by atoms with Crippen LogP contribution in [0.25, 0.3) is 0 Å². The molecule has 60 valence electrons. The molecular formula is C2H5FN2O4S. The number of halogens is 1. The maximum Gasteiger partial charge on any atom is 0.449 e. The SMILES string of the molecule is CCN([N+](=O)[O-])S(=O)(=O)F. The molecule has 0 heterocycles. The topological polar surface area (TPSA) is 80.5 Å². The summed E-state index contributed by atoms with van der Waals surface area (Å²) in [4.78, 5) is 9.69. The van der Waals surface area contributed by atoms with E-state index in [0.717, 1.165) is 6.92 Å². The van der Waals surface area contributed by atoms with Crippen LogP contribution >= 0.6 is 0 Å². The first-order chi connectivity index (χ1) is 4.39. The summed E-state index contributed by atoms with van der Waals surface area (Å²) < 4.78 is 30.9. The Kier molecular flexibility index (Phi) is 2.52. The predicted molar refractivity (Wildman–Crippen MR) is 29.4 cm³/mol. The fraction of sp³-hybridized carbons (Fsp3) is 1.00. The molecule has 8 heteroatoms. The standard InChI is InChI=1S/C2H5FN2O4S/c1-2-4(5(6)7)10(3,8)9/h2H2,1H3. The van der Waals surface area contributed by atoms with Crippen LogP contribution in [0.15, 0.2) is 0 Å². The second-order valence-electron chi connectivity index (χ2n) is 1.32. The second kappa shape index (κ2) is 2.78. The van der Waals surface area contributed by atoms with E-state index in [0.29, 0.717) is 0 Å². The maximum atomic E-state index is 11.8. The molecule has 0 radical (unpaired) electrons. The van der Waals surface area contributed by atoms with Gasteiger partial charge in [0, 0.05) is 4.41 Å². The van der Waals surface area contributed by atoms with Crippen molar-refractivity contribution < 1.29 is 17.3 Å². The minimum Gasteiger partial charge on any atom is -0.234 e. The number of hydrogen-bond donors (Lipinski definition) is 0. The van der Waals surface area contributed by atoms with Crippen LogP contribution < -0.4 is 0 Å². The maximum absolute atomic E-state index is 11.8. The van der Waals surface area contributed by atoms with Crippen LogP contribution in [-0.2, 0) is 10.4 Å². The minimum atomic E-state index is -5.18. The van der Waals surface area contributed by atoms with Gasteiger partial charge in [-0.3, -0.25) is 0 Å². The van der Waals surface area contributed by atoms with Crippen molar-refractivity contribution in [1.82, 2.24) is 4.41 Å². The summed E-state index contributed by atoms with van der Waals surface area (Å²) in [6.45, 7) is 0.631. The lowest BCUT2D eigenvalue weighted by atomic mass is 10.8. The first kappa shape index (κ1) is 9.08. The highest BCUT2D eigenvalue weighted by Gasteiger charge is 2.27. The summed E-state index contributed by atoms with van der Waals surface area (Å²) >= 11 is 0. The minimum absolute atomic E-state index is 0.493. The number of nitro groups is 1. The molecule has 10 heavy (non-hydrogen) atoms. The third-order valence-corrected chi connectivity index (χ3v) is 1.60. The summed E-state index contributed by atoms with van der Waals surface area (Å²) in [7, 11) is -5.18. The molecule has 0 unspecified atom stereocenters. The highest BCUT2D eigenvalue weighted by molar-refractivity contribution is 7.83. The van der Waals surface area contributed by atoms with Crippen molar-refractivity contribution in [3.8, 4) is 0 Å². The Balaban J connectivity index is 4.55. The molecule has 0 saturated carbocycles. The van der Waals surface area contributed by atoms with Crippen LogP contribution in [0.2, 0.25) is 0 Å². The molecule has 0 bridgehead atoms. The van der Waals surface area contributed by atoms with Crippen LogP contribution in [0.5, 0.6) is 0 Å². The Morgan fingerprint density at radius 2 is 2.10 bits per heavy atom. The lowest BCUT2D eigenvalue weighted by Gasteiger charge is -2.03. The van der Waals surface area contributed by atoms with Gasteiger partial charge in [0.25, 0.3) is 0 Å².